The van der Waals surface area contributed by atoms with Crippen molar-refractivity contribution in [3.8, 4) is 0 Å². The highest BCUT2D eigenvalue weighted by Gasteiger charge is 2.15. The molecule has 0 spiro atoms. The van der Waals surface area contributed by atoms with Gasteiger partial charge in [0.05, 0.1) is 16.9 Å². The summed E-state index contributed by atoms with van der Waals surface area (Å²) in [4.78, 5) is 16.1. The number of oxazole rings is 1. The van der Waals surface area contributed by atoms with Crippen LogP contribution in [0.3, 0.4) is 0 Å². The molecule has 3 rings (SSSR count). The average Bonchev–Trinajstić information content (AvgIpc) is 2.81. The van der Waals surface area contributed by atoms with E-state index in [0.29, 0.717) is 16.8 Å². The minimum Gasteiger partial charge on any atom is -0.408 e. The van der Waals surface area contributed by atoms with Gasteiger partial charge in [-0.3, -0.25) is 4.98 Å². The highest BCUT2D eigenvalue weighted by molar-refractivity contribution is 5.88. The van der Waals surface area contributed by atoms with E-state index in [4.69, 9.17) is 10.2 Å². The highest BCUT2D eigenvalue weighted by atomic mass is 16.4. The van der Waals surface area contributed by atoms with Crippen molar-refractivity contribution in [1.29, 1.82) is 0 Å². The molecular weight excluding hydrogens is 266 g/mol. The second-order valence-electron chi connectivity index (χ2n) is 4.95. The number of rotatable bonds is 3. The Hall–Kier alpha value is -2.69. The van der Waals surface area contributed by atoms with E-state index < -0.39 is 5.76 Å². The van der Waals surface area contributed by atoms with E-state index in [1.807, 2.05) is 18.2 Å². The number of para-hydroxylation sites is 1. The molecule has 1 aromatic heterocycles. The molecule has 0 radical (unpaired) electrons. The lowest BCUT2D eigenvalue weighted by atomic mass is 10.1. The number of nitrogen functional groups attached to an aromatic ring is 1. The van der Waals surface area contributed by atoms with Crippen molar-refractivity contribution < 1.29 is 4.42 Å². The smallest absolute Gasteiger partial charge is 0.408 e. The fourth-order valence-corrected chi connectivity index (χ4v) is 2.57. The van der Waals surface area contributed by atoms with E-state index in [0.717, 1.165) is 17.9 Å². The van der Waals surface area contributed by atoms with Gasteiger partial charge in [0.1, 0.15) is 0 Å². The number of fused-ring (bicyclic) bond motifs is 1. The Bertz CT molecular complexity index is 848. The van der Waals surface area contributed by atoms with Gasteiger partial charge in [-0.2, -0.15) is 0 Å². The average molecular weight is 283 g/mol. The highest BCUT2D eigenvalue weighted by Crippen LogP contribution is 2.34. The molecule has 0 aliphatic heterocycles. The van der Waals surface area contributed by atoms with Crippen LogP contribution in [0, 0.1) is 6.92 Å². The molecule has 0 amide bonds. The van der Waals surface area contributed by atoms with Crippen LogP contribution < -0.4 is 16.4 Å². The van der Waals surface area contributed by atoms with E-state index in [-0.39, 0.29) is 0 Å². The molecule has 108 valence electrons. The van der Waals surface area contributed by atoms with Crippen molar-refractivity contribution in [3.63, 3.8) is 0 Å². The fourth-order valence-electron chi connectivity index (χ4n) is 2.57. The predicted octanol–water partition coefficient (Wildman–Crippen LogP) is 3.17. The number of hydrogen-bond donors (Lipinski definition) is 2. The van der Waals surface area contributed by atoms with Crippen LogP contribution in [-0.4, -0.2) is 11.5 Å². The number of H-pyrrole nitrogens is 1. The zero-order chi connectivity index (χ0) is 15.0. The molecule has 21 heavy (non-hydrogen) atoms. The van der Waals surface area contributed by atoms with Crippen molar-refractivity contribution in [3.05, 3.63) is 52.5 Å². The maximum Gasteiger partial charge on any atom is 0.417 e. The number of nitrogens with zero attached hydrogens (tertiary/aromatic N) is 1. The first-order chi connectivity index (χ1) is 10.1. The van der Waals surface area contributed by atoms with Crippen LogP contribution in [-0.2, 0) is 0 Å². The van der Waals surface area contributed by atoms with Crippen LogP contribution in [0.4, 0.5) is 17.1 Å². The molecule has 0 aliphatic rings. The van der Waals surface area contributed by atoms with E-state index in [9.17, 15) is 4.79 Å². The summed E-state index contributed by atoms with van der Waals surface area (Å²) in [6, 6.07) is 11.7. The van der Waals surface area contributed by atoms with Crippen molar-refractivity contribution in [2.75, 3.05) is 17.2 Å². The van der Waals surface area contributed by atoms with Gasteiger partial charge in [0.25, 0.3) is 0 Å². The van der Waals surface area contributed by atoms with Gasteiger partial charge in [0.15, 0.2) is 5.58 Å². The Morgan fingerprint density at radius 3 is 2.71 bits per heavy atom. The lowest BCUT2D eigenvalue weighted by Gasteiger charge is -2.26. The minimum atomic E-state index is -0.472. The maximum atomic E-state index is 11.3. The Morgan fingerprint density at radius 2 is 2.00 bits per heavy atom. The zero-order valence-corrected chi connectivity index (χ0v) is 12.0. The van der Waals surface area contributed by atoms with Gasteiger partial charge in [-0.05, 0) is 31.5 Å². The van der Waals surface area contributed by atoms with E-state index in [1.54, 1.807) is 6.07 Å². The molecule has 3 aromatic rings. The molecule has 2 aromatic carbocycles. The van der Waals surface area contributed by atoms with Gasteiger partial charge in [-0.25, -0.2) is 4.79 Å². The second-order valence-corrected chi connectivity index (χ2v) is 4.95. The molecule has 1 heterocycles. The number of nitrogens with two attached hydrogens (primary N) is 1. The first-order valence-corrected chi connectivity index (χ1v) is 6.85. The van der Waals surface area contributed by atoms with Crippen LogP contribution in [0.15, 0.2) is 45.6 Å². The van der Waals surface area contributed by atoms with Gasteiger partial charge in [0.2, 0.25) is 0 Å². The van der Waals surface area contributed by atoms with E-state index >= 15 is 0 Å². The third-order valence-electron chi connectivity index (χ3n) is 3.58. The molecule has 0 bridgehead atoms. The molecule has 0 fully saturated rings. The topological polar surface area (TPSA) is 75.3 Å². The third kappa shape index (κ3) is 2.27. The first-order valence-electron chi connectivity index (χ1n) is 6.85. The number of anilines is 3. The maximum absolute atomic E-state index is 11.3. The van der Waals surface area contributed by atoms with Gasteiger partial charge < -0.3 is 15.1 Å². The number of benzene rings is 2. The molecule has 5 nitrogen and oxygen atoms in total. The molecule has 0 atom stereocenters. The van der Waals surface area contributed by atoms with Crippen LogP contribution in [0.1, 0.15) is 12.5 Å². The van der Waals surface area contributed by atoms with Gasteiger partial charge in [-0.1, -0.05) is 18.2 Å². The summed E-state index contributed by atoms with van der Waals surface area (Å²) in [5.41, 5.74) is 11.0. The van der Waals surface area contributed by atoms with E-state index in [1.165, 1.54) is 5.56 Å². The second kappa shape index (κ2) is 5.01. The van der Waals surface area contributed by atoms with Crippen LogP contribution >= 0.6 is 0 Å². The molecule has 0 saturated heterocycles. The summed E-state index contributed by atoms with van der Waals surface area (Å²) < 4.78 is 5.04. The predicted molar refractivity (Wildman–Crippen MR) is 85.1 cm³/mol. The molecule has 0 aliphatic carbocycles. The number of hydrogen-bond acceptors (Lipinski definition) is 4. The zero-order valence-electron chi connectivity index (χ0n) is 12.0. The van der Waals surface area contributed by atoms with Crippen LogP contribution in [0.2, 0.25) is 0 Å². The lowest BCUT2D eigenvalue weighted by Crippen LogP contribution is -2.18. The fraction of sp³-hybridized carbons (Fsp3) is 0.188. The molecule has 5 heteroatoms. The van der Waals surface area contributed by atoms with E-state index in [2.05, 4.69) is 35.9 Å². The minimum absolute atomic E-state index is 0.472. The largest absolute Gasteiger partial charge is 0.417 e. The standard InChI is InChI=1S/C16H17N3O2/c1-3-19(13-7-5-4-6-10(13)2)14-9-12-15(8-11(14)17)21-16(20)18-12/h4-9H,3,17H2,1-2H3,(H,18,20). The monoisotopic (exact) mass is 283 g/mol. The molecule has 3 N–H and O–H groups in total. The first kappa shape index (κ1) is 13.3. The quantitative estimate of drug-likeness (QED) is 0.724. The Morgan fingerprint density at radius 1 is 1.24 bits per heavy atom. The Balaban J connectivity index is 2.19. The molecule has 0 saturated carbocycles. The van der Waals surface area contributed by atoms with Gasteiger partial charge >= 0.3 is 5.76 Å². The summed E-state index contributed by atoms with van der Waals surface area (Å²) in [6.07, 6.45) is 0. The van der Waals surface area contributed by atoms with Crippen molar-refractivity contribution in [2.45, 2.75) is 13.8 Å². The Labute approximate surface area is 122 Å². The summed E-state index contributed by atoms with van der Waals surface area (Å²) >= 11 is 0. The van der Waals surface area contributed by atoms with Crippen LogP contribution in [0.5, 0.6) is 0 Å². The SMILES string of the molecule is CCN(c1ccccc1C)c1cc2[nH]c(=O)oc2cc1N. The van der Waals surface area contributed by atoms with Crippen molar-refractivity contribution in [1.82, 2.24) is 4.98 Å². The summed E-state index contributed by atoms with van der Waals surface area (Å²) in [5.74, 6) is -0.472. The Kier molecular flexibility index (Phi) is 3.17. The summed E-state index contributed by atoms with van der Waals surface area (Å²) in [5, 5.41) is 0. The number of nitrogens with one attached hydrogen (secondary N) is 1. The van der Waals surface area contributed by atoms with Crippen molar-refractivity contribution >= 4 is 28.2 Å². The van der Waals surface area contributed by atoms with Crippen LogP contribution in [0.25, 0.3) is 11.1 Å². The third-order valence-corrected chi connectivity index (χ3v) is 3.58. The summed E-state index contributed by atoms with van der Waals surface area (Å²) in [6.45, 7) is 4.89. The number of aromatic nitrogens is 1. The lowest BCUT2D eigenvalue weighted by molar-refractivity contribution is 0.555. The van der Waals surface area contributed by atoms with Gasteiger partial charge in [0, 0.05) is 18.3 Å². The molecule has 0 unspecified atom stereocenters. The normalized spacial score (nSPS) is 11.0. The number of aryl methyl sites for hydroxylation is 1. The summed E-state index contributed by atoms with van der Waals surface area (Å²) in [7, 11) is 0. The van der Waals surface area contributed by atoms with Crippen molar-refractivity contribution in [2.24, 2.45) is 0 Å². The van der Waals surface area contributed by atoms with Gasteiger partial charge in [-0.15, -0.1) is 0 Å². The molecular formula is C16H17N3O2. The number of aromatic amines is 1.